The predicted octanol–water partition coefficient (Wildman–Crippen LogP) is 3.34. The molecular weight excluding hydrogens is 326 g/mol. The molecule has 2 amide bonds. The quantitative estimate of drug-likeness (QED) is 0.755. The maximum Gasteiger partial charge on any atom is 0.227 e. The lowest BCUT2D eigenvalue weighted by Gasteiger charge is -2.25. The number of carbonyl (C=O) groups is 2. The standard InChI is InChI=1S/C21H31N3O2/c22-18-10-5-9-17(13-18)20(25)23-14-15-6-4-11-19(12-15)24-21(26)16-7-2-1-3-8-16/h4,6,11-12,16-18H,1-3,5,7-10,13-14,22H2,(H,23,25)(H,24,26). The molecule has 1 aromatic carbocycles. The molecule has 5 nitrogen and oxygen atoms in total. The van der Waals surface area contributed by atoms with E-state index in [1.165, 1.54) is 6.42 Å². The zero-order chi connectivity index (χ0) is 18.4. The van der Waals surface area contributed by atoms with Gasteiger partial charge in [0.05, 0.1) is 0 Å². The number of amides is 2. The Balaban J connectivity index is 1.50. The number of nitrogens with one attached hydrogen (secondary N) is 2. The molecular formula is C21H31N3O2. The van der Waals surface area contributed by atoms with Gasteiger partial charge in [0.25, 0.3) is 0 Å². The fraction of sp³-hybridized carbons (Fsp3) is 0.619. The monoisotopic (exact) mass is 357 g/mol. The average molecular weight is 357 g/mol. The van der Waals surface area contributed by atoms with Crippen LogP contribution < -0.4 is 16.4 Å². The summed E-state index contributed by atoms with van der Waals surface area (Å²) in [7, 11) is 0. The molecule has 2 unspecified atom stereocenters. The van der Waals surface area contributed by atoms with Crippen LogP contribution in [-0.4, -0.2) is 17.9 Å². The summed E-state index contributed by atoms with van der Waals surface area (Å²) in [5.74, 6) is 0.398. The van der Waals surface area contributed by atoms with Crippen molar-refractivity contribution in [3.63, 3.8) is 0 Å². The topological polar surface area (TPSA) is 84.2 Å². The number of hydrogen-bond donors (Lipinski definition) is 3. The van der Waals surface area contributed by atoms with Crippen molar-refractivity contribution in [3.05, 3.63) is 29.8 Å². The predicted molar refractivity (Wildman–Crippen MR) is 103 cm³/mol. The third-order valence-electron chi connectivity index (χ3n) is 5.72. The van der Waals surface area contributed by atoms with Crippen molar-refractivity contribution >= 4 is 17.5 Å². The van der Waals surface area contributed by atoms with E-state index in [1.54, 1.807) is 0 Å². The SMILES string of the molecule is NC1CCCC(C(=O)NCc2cccc(NC(=O)C3CCCCC3)c2)C1. The molecule has 26 heavy (non-hydrogen) atoms. The molecule has 3 rings (SSSR count). The van der Waals surface area contributed by atoms with Gasteiger partial charge in [0.2, 0.25) is 11.8 Å². The smallest absolute Gasteiger partial charge is 0.227 e. The van der Waals surface area contributed by atoms with Crippen LogP contribution in [0, 0.1) is 11.8 Å². The van der Waals surface area contributed by atoms with Crippen LogP contribution in [0.4, 0.5) is 5.69 Å². The van der Waals surface area contributed by atoms with Crippen LogP contribution in [-0.2, 0) is 16.1 Å². The highest BCUT2D eigenvalue weighted by Crippen LogP contribution is 2.25. The van der Waals surface area contributed by atoms with E-state index < -0.39 is 0 Å². The van der Waals surface area contributed by atoms with Gasteiger partial charge < -0.3 is 16.4 Å². The summed E-state index contributed by atoms with van der Waals surface area (Å²) >= 11 is 0. The molecule has 2 aliphatic rings. The van der Waals surface area contributed by atoms with Gasteiger partial charge in [0.15, 0.2) is 0 Å². The molecule has 0 spiro atoms. The number of carbonyl (C=O) groups excluding carboxylic acids is 2. The molecule has 0 bridgehead atoms. The van der Waals surface area contributed by atoms with Crippen molar-refractivity contribution in [1.82, 2.24) is 5.32 Å². The van der Waals surface area contributed by atoms with Crippen molar-refractivity contribution in [2.75, 3.05) is 5.32 Å². The van der Waals surface area contributed by atoms with E-state index in [4.69, 9.17) is 5.73 Å². The lowest BCUT2D eigenvalue weighted by atomic mass is 9.85. The van der Waals surface area contributed by atoms with Crippen molar-refractivity contribution in [2.45, 2.75) is 70.4 Å². The fourth-order valence-electron chi connectivity index (χ4n) is 4.17. The summed E-state index contributed by atoms with van der Waals surface area (Å²) in [4.78, 5) is 24.7. The molecule has 2 saturated carbocycles. The Morgan fingerprint density at radius 1 is 0.962 bits per heavy atom. The lowest BCUT2D eigenvalue weighted by Crippen LogP contribution is -2.37. The van der Waals surface area contributed by atoms with Crippen molar-refractivity contribution in [3.8, 4) is 0 Å². The molecule has 0 aromatic heterocycles. The number of hydrogen-bond acceptors (Lipinski definition) is 3. The molecule has 4 N–H and O–H groups in total. The van der Waals surface area contributed by atoms with Gasteiger partial charge >= 0.3 is 0 Å². The first-order chi connectivity index (χ1) is 12.6. The molecule has 5 heteroatoms. The second kappa shape index (κ2) is 9.17. The van der Waals surface area contributed by atoms with E-state index in [1.807, 2.05) is 24.3 Å². The molecule has 0 heterocycles. The lowest BCUT2D eigenvalue weighted by molar-refractivity contribution is -0.126. The van der Waals surface area contributed by atoms with Crippen LogP contribution in [0.2, 0.25) is 0 Å². The van der Waals surface area contributed by atoms with Gasteiger partial charge in [-0.15, -0.1) is 0 Å². The molecule has 2 aliphatic carbocycles. The highest BCUT2D eigenvalue weighted by atomic mass is 16.2. The maximum absolute atomic E-state index is 12.4. The summed E-state index contributed by atoms with van der Waals surface area (Å²) < 4.78 is 0. The highest BCUT2D eigenvalue weighted by molar-refractivity contribution is 5.92. The van der Waals surface area contributed by atoms with Crippen LogP contribution in [0.5, 0.6) is 0 Å². The minimum absolute atomic E-state index is 0.0351. The van der Waals surface area contributed by atoms with Crippen LogP contribution in [0.25, 0.3) is 0 Å². The Morgan fingerprint density at radius 2 is 1.73 bits per heavy atom. The molecule has 2 atom stereocenters. The fourth-order valence-corrected chi connectivity index (χ4v) is 4.17. The maximum atomic E-state index is 12.4. The van der Waals surface area contributed by atoms with E-state index in [-0.39, 0.29) is 29.7 Å². The van der Waals surface area contributed by atoms with Gasteiger partial charge in [-0.25, -0.2) is 0 Å². The van der Waals surface area contributed by atoms with E-state index in [9.17, 15) is 9.59 Å². The number of nitrogens with two attached hydrogens (primary N) is 1. The summed E-state index contributed by atoms with van der Waals surface area (Å²) in [6, 6.07) is 7.91. The zero-order valence-corrected chi connectivity index (χ0v) is 15.5. The van der Waals surface area contributed by atoms with Gasteiger partial charge in [-0.2, -0.15) is 0 Å². The Labute approximate surface area is 156 Å². The number of rotatable bonds is 5. The second-order valence-corrected chi connectivity index (χ2v) is 7.87. The average Bonchev–Trinajstić information content (AvgIpc) is 2.67. The van der Waals surface area contributed by atoms with E-state index >= 15 is 0 Å². The summed E-state index contributed by atoms with van der Waals surface area (Å²) in [6.07, 6.45) is 9.28. The Bertz CT molecular complexity index is 625. The third-order valence-corrected chi connectivity index (χ3v) is 5.72. The minimum Gasteiger partial charge on any atom is -0.352 e. The highest BCUT2D eigenvalue weighted by Gasteiger charge is 2.25. The normalized spacial score (nSPS) is 24.0. The van der Waals surface area contributed by atoms with Crippen LogP contribution in [0.3, 0.4) is 0 Å². The van der Waals surface area contributed by atoms with Gasteiger partial charge in [-0.1, -0.05) is 37.8 Å². The van der Waals surface area contributed by atoms with Crippen molar-refractivity contribution in [2.24, 2.45) is 17.6 Å². The second-order valence-electron chi connectivity index (χ2n) is 7.87. The number of anilines is 1. The first kappa shape index (κ1) is 18.9. The largest absolute Gasteiger partial charge is 0.352 e. The van der Waals surface area contributed by atoms with Crippen LogP contribution in [0.1, 0.15) is 63.4 Å². The minimum atomic E-state index is 0.0351. The van der Waals surface area contributed by atoms with E-state index in [2.05, 4.69) is 10.6 Å². The van der Waals surface area contributed by atoms with E-state index in [0.29, 0.717) is 6.54 Å². The van der Waals surface area contributed by atoms with E-state index in [0.717, 1.165) is 62.6 Å². The summed E-state index contributed by atoms with van der Waals surface area (Å²) in [5.41, 5.74) is 7.79. The van der Waals surface area contributed by atoms with Crippen LogP contribution in [0.15, 0.2) is 24.3 Å². The summed E-state index contributed by atoms with van der Waals surface area (Å²) in [6.45, 7) is 0.484. The molecule has 1 aromatic rings. The Morgan fingerprint density at radius 3 is 2.50 bits per heavy atom. The molecule has 142 valence electrons. The van der Waals surface area contributed by atoms with Gasteiger partial charge in [-0.05, 0) is 49.8 Å². The molecule has 0 radical (unpaired) electrons. The Hall–Kier alpha value is -1.88. The van der Waals surface area contributed by atoms with Gasteiger partial charge in [-0.3, -0.25) is 9.59 Å². The first-order valence-electron chi connectivity index (χ1n) is 10.0. The Kier molecular flexibility index (Phi) is 6.67. The van der Waals surface area contributed by atoms with Gasteiger partial charge in [0, 0.05) is 30.1 Å². The van der Waals surface area contributed by atoms with Crippen molar-refractivity contribution < 1.29 is 9.59 Å². The molecule has 2 fully saturated rings. The van der Waals surface area contributed by atoms with Gasteiger partial charge in [0.1, 0.15) is 0 Å². The van der Waals surface area contributed by atoms with Crippen LogP contribution >= 0.6 is 0 Å². The van der Waals surface area contributed by atoms with Crippen molar-refractivity contribution in [1.29, 1.82) is 0 Å². The first-order valence-corrected chi connectivity index (χ1v) is 10.0. The number of benzene rings is 1. The molecule has 0 aliphatic heterocycles. The zero-order valence-electron chi connectivity index (χ0n) is 15.5. The third kappa shape index (κ3) is 5.31. The summed E-state index contributed by atoms with van der Waals surface area (Å²) in [5, 5.41) is 6.07. The molecule has 0 saturated heterocycles.